The zero-order valence-electron chi connectivity index (χ0n) is 8.83. The second-order valence-corrected chi connectivity index (χ2v) is 3.31. The fraction of sp³-hybridized carbons (Fsp3) is 0.545. The van der Waals surface area contributed by atoms with E-state index in [1.54, 1.807) is 6.07 Å². The molecule has 0 bridgehead atoms. The Morgan fingerprint density at radius 1 is 1.21 bits per heavy atom. The number of halogens is 1. The number of hydrogen-bond donors (Lipinski definition) is 0. The van der Waals surface area contributed by atoms with E-state index in [9.17, 15) is 4.39 Å². The van der Waals surface area contributed by atoms with E-state index >= 15 is 0 Å². The summed E-state index contributed by atoms with van der Waals surface area (Å²) >= 11 is 0. The second kappa shape index (κ2) is 5.58. The van der Waals surface area contributed by atoms with E-state index in [1.165, 1.54) is 6.07 Å². The molecule has 0 atom stereocenters. The lowest BCUT2D eigenvalue weighted by Gasteiger charge is -2.22. The minimum absolute atomic E-state index is 0.403. The van der Waals surface area contributed by atoms with Crippen LogP contribution in [0.5, 0.6) is 0 Å². The van der Waals surface area contributed by atoms with Gasteiger partial charge in [-0.3, -0.25) is 0 Å². The van der Waals surface area contributed by atoms with Crippen LogP contribution in [0.25, 0.3) is 0 Å². The van der Waals surface area contributed by atoms with Crippen LogP contribution in [0.3, 0.4) is 0 Å². The molecule has 14 heavy (non-hydrogen) atoms. The molecule has 0 amide bonds. The van der Waals surface area contributed by atoms with Crippen molar-refractivity contribution in [2.24, 2.45) is 0 Å². The smallest absolute Gasteiger partial charge is 0.214 e. The third-order valence-electron chi connectivity index (χ3n) is 2.01. The Bertz CT molecular complexity index is 270. The quantitative estimate of drug-likeness (QED) is 0.673. The summed E-state index contributed by atoms with van der Waals surface area (Å²) < 4.78 is 12.9. The van der Waals surface area contributed by atoms with E-state index in [4.69, 9.17) is 0 Å². The van der Waals surface area contributed by atoms with E-state index in [2.05, 4.69) is 23.7 Å². The molecule has 2 nitrogen and oxygen atoms in total. The van der Waals surface area contributed by atoms with Crippen molar-refractivity contribution in [3.8, 4) is 0 Å². The number of nitrogens with zero attached hydrogens (tertiary/aromatic N) is 2. The molecule has 0 aliphatic rings. The molecule has 1 aromatic rings. The summed E-state index contributed by atoms with van der Waals surface area (Å²) in [5, 5.41) is 0. The Morgan fingerprint density at radius 2 is 1.86 bits per heavy atom. The molecule has 0 spiro atoms. The molecule has 0 aromatic carbocycles. The van der Waals surface area contributed by atoms with E-state index in [0.717, 1.165) is 31.7 Å². The summed E-state index contributed by atoms with van der Waals surface area (Å²) in [5.41, 5.74) is 0. The van der Waals surface area contributed by atoms with Gasteiger partial charge in [-0.1, -0.05) is 19.9 Å². The van der Waals surface area contributed by atoms with E-state index < -0.39 is 5.95 Å². The van der Waals surface area contributed by atoms with Gasteiger partial charge in [-0.25, -0.2) is 4.98 Å². The number of aromatic nitrogens is 1. The topological polar surface area (TPSA) is 16.1 Å². The van der Waals surface area contributed by atoms with Crippen LogP contribution in [-0.2, 0) is 0 Å². The summed E-state index contributed by atoms with van der Waals surface area (Å²) in [4.78, 5) is 5.98. The molecular weight excluding hydrogens is 179 g/mol. The van der Waals surface area contributed by atoms with Crippen LogP contribution in [0.4, 0.5) is 10.2 Å². The molecule has 1 rings (SSSR count). The molecule has 3 heteroatoms. The van der Waals surface area contributed by atoms with E-state index in [1.807, 2.05) is 6.07 Å². The van der Waals surface area contributed by atoms with Crippen molar-refractivity contribution in [2.75, 3.05) is 18.0 Å². The summed E-state index contributed by atoms with van der Waals surface area (Å²) in [6.07, 6.45) is 2.11. The summed E-state index contributed by atoms with van der Waals surface area (Å²) in [7, 11) is 0. The van der Waals surface area contributed by atoms with Crippen molar-refractivity contribution in [3.05, 3.63) is 24.1 Å². The normalized spacial score (nSPS) is 10.2. The maximum Gasteiger partial charge on any atom is 0.214 e. The average molecular weight is 196 g/mol. The number of rotatable bonds is 5. The Kier molecular flexibility index (Phi) is 4.36. The second-order valence-electron chi connectivity index (χ2n) is 3.31. The molecule has 0 saturated carbocycles. The van der Waals surface area contributed by atoms with Crippen LogP contribution in [0, 0.1) is 5.95 Å². The SMILES string of the molecule is CCCN(CCC)c1cccc(F)n1. The predicted octanol–water partition coefficient (Wildman–Crippen LogP) is 2.85. The lowest BCUT2D eigenvalue weighted by atomic mass is 10.3. The van der Waals surface area contributed by atoms with Gasteiger partial charge in [0.25, 0.3) is 0 Å². The molecule has 78 valence electrons. The van der Waals surface area contributed by atoms with Gasteiger partial charge in [0.1, 0.15) is 5.82 Å². The van der Waals surface area contributed by atoms with Gasteiger partial charge in [0, 0.05) is 13.1 Å². The zero-order chi connectivity index (χ0) is 10.4. The molecule has 1 aromatic heterocycles. The highest BCUT2D eigenvalue weighted by Gasteiger charge is 2.05. The molecule has 1 heterocycles. The molecular formula is C11H17FN2. The Morgan fingerprint density at radius 3 is 2.36 bits per heavy atom. The van der Waals surface area contributed by atoms with Crippen LogP contribution >= 0.6 is 0 Å². The summed E-state index contributed by atoms with van der Waals surface area (Å²) in [6, 6.07) is 4.93. The lowest BCUT2D eigenvalue weighted by Crippen LogP contribution is -2.25. The molecule has 0 fully saturated rings. The molecule has 0 radical (unpaired) electrons. The molecule has 0 unspecified atom stereocenters. The van der Waals surface area contributed by atoms with Gasteiger partial charge in [-0.05, 0) is 25.0 Å². The van der Waals surface area contributed by atoms with Gasteiger partial charge in [0.2, 0.25) is 5.95 Å². The molecule has 0 aliphatic carbocycles. The number of pyridine rings is 1. The van der Waals surface area contributed by atoms with Crippen LogP contribution in [0.2, 0.25) is 0 Å². The van der Waals surface area contributed by atoms with Crippen LogP contribution < -0.4 is 4.90 Å². The maximum atomic E-state index is 12.9. The monoisotopic (exact) mass is 196 g/mol. The van der Waals surface area contributed by atoms with Crippen molar-refractivity contribution < 1.29 is 4.39 Å². The van der Waals surface area contributed by atoms with Gasteiger partial charge < -0.3 is 4.90 Å². The molecule has 0 aliphatic heterocycles. The van der Waals surface area contributed by atoms with Gasteiger partial charge in [0.05, 0.1) is 0 Å². The maximum absolute atomic E-state index is 12.9. The third-order valence-corrected chi connectivity index (χ3v) is 2.01. The first-order valence-corrected chi connectivity index (χ1v) is 5.15. The van der Waals surface area contributed by atoms with Crippen molar-refractivity contribution >= 4 is 5.82 Å². The van der Waals surface area contributed by atoms with Crippen LogP contribution in [-0.4, -0.2) is 18.1 Å². The van der Waals surface area contributed by atoms with Crippen molar-refractivity contribution in [1.82, 2.24) is 4.98 Å². The zero-order valence-corrected chi connectivity index (χ0v) is 8.83. The van der Waals surface area contributed by atoms with E-state index in [-0.39, 0.29) is 0 Å². The predicted molar refractivity (Wildman–Crippen MR) is 57.0 cm³/mol. The first-order valence-electron chi connectivity index (χ1n) is 5.15. The van der Waals surface area contributed by atoms with Crippen molar-refractivity contribution in [3.63, 3.8) is 0 Å². The highest BCUT2D eigenvalue weighted by molar-refractivity contribution is 5.37. The van der Waals surface area contributed by atoms with Crippen LogP contribution in [0.15, 0.2) is 18.2 Å². The van der Waals surface area contributed by atoms with Gasteiger partial charge in [0.15, 0.2) is 0 Å². The van der Waals surface area contributed by atoms with Crippen LogP contribution in [0.1, 0.15) is 26.7 Å². The molecule has 0 N–H and O–H groups in total. The van der Waals surface area contributed by atoms with Crippen molar-refractivity contribution in [2.45, 2.75) is 26.7 Å². The Balaban J connectivity index is 2.75. The number of anilines is 1. The number of hydrogen-bond acceptors (Lipinski definition) is 2. The highest BCUT2D eigenvalue weighted by atomic mass is 19.1. The Hall–Kier alpha value is -1.12. The first-order chi connectivity index (χ1) is 6.77. The minimum atomic E-state index is -0.403. The van der Waals surface area contributed by atoms with Gasteiger partial charge in [-0.15, -0.1) is 0 Å². The fourth-order valence-corrected chi connectivity index (χ4v) is 1.45. The lowest BCUT2D eigenvalue weighted by molar-refractivity contribution is 0.579. The van der Waals surface area contributed by atoms with E-state index in [0.29, 0.717) is 0 Å². The van der Waals surface area contributed by atoms with Crippen molar-refractivity contribution in [1.29, 1.82) is 0 Å². The Labute approximate surface area is 84.8 Å². The first kappa shape index (κ1) is 11.0. The summed E-state index contributed by atoms with van der Waals surface area (Å²) in [6.45, 7) is 6.10. The van der Waals surface area contributed by atoms with Gasteiger partial charge >= 0.3 is 0 Å². The average Bonchev–Trinajstić information content (AvgIpc) is 2.17. The standard InChI is InChI=1S/C11H17FN2/c1-3-8-14(9-4-2)11-7-5-6-10(12)13-11/h5-7H,3-4,8-9H2,1-2H3. The van der Waals surface area contributed by atoms with Gasteiger partial charge in [-0.2, -0.15) is 4.39 Å². The molecule has 0 saturated heterocycles. The summed E-state index contributed by atoms with van der Waals surface area (Å²) in [5.74, 6) is 0.341. The minimum Gasteiger partial charge on any atom is -0.357 e. The third kappa shape index (κ3) is 2.98. The highest BCUT2D eigenvalue weighted by Crippen LogP contribution is 2.11. The largest absolute Gasteiger partial charge is 0.357 e. The fourth-order valence-electron chi connectivity index (χ4n) is 1.45.